The second-order valence-corrected chi connectivity index (χ2v) is 5.59. The van der Waals surface area contributed by atoms with Crippen LogP contribution in [0.1, 0.15) is 31.9 Å². The van der Waals surface area contributed by atoms with Gasteiger partial charge in [0.1, 0.15) is 0 Å². The largest absolute Gasteiger partial charge is 0.314 e. The van der Waals surface area contributed by atoms with Gasteiger partial charge in [-0.15, -0.1) is 5.10 Å². The summed E-state index contributed by atoms with van der Waals surface area (Å²) in [6.45, 7) is 3.25. The number of rotatable bonds is 5. The lowest BCUT2D eigenvalue weighted by molar-refractivity contribution is 0.408. The van der Waals surface area contributed by atoms with Crippen LogP contribution in [0, 0.1) is 17.8 Å². The van der Waals surface area contributed by atoms with Crippen molar-refractivity contribution in [2.75, 3.05) is 6.54 Å². The van der Waals surface area contributed by atoms with Crippen LogP contribution < -0.4 is 5.32 Å². The van der Waals surface area contributed by atoms with Crippen LogP contribution in [0.5, 0.6) is 0 Å². The fourth-order valence-electron chi connectivity index (χ4n) is 3.79. The minimum absolute atomic E-state index is 0.618. The number of aryl methyl sites for hydroxylation is 1. The zero-order chi connectivity index (χ0) is 11.8. The monoisotopic (exact) mass is 234 g/mol. The summed E-state index contributed by atoms with van der Waals surface area (Å²) >= 11 is 0. The average molecular weight is 234 g/mol. The van der Waals surface area contributed by atoms with Crippen LogP contribution in [0.2, 0.25) is 0 Å². The van der Waals surface area contributed by atoms with Gasteiger partial charge in [-0.25, -0.2) is 0 Å². The van der Waals surface area contributed by atoms with Crippen molar-refractivity contribution < 1.29 is 0 Å². The molecule has 2 aliphatic carbocycles. The molecule has 2 saturated carbocycles. The predicted molar refractivity (Wildman–Crippen MR) is 66.5 cm³/mol. The predicted octanol–water partition coefficient (Wildman–Crippen LogP) is 1.38. The van der Waals surface area contributed by atoms with Crippen LogP contribution in [-0.2, 0) is 13.5 Å². The normalized spacial score (nSPS) is 32.5. The first-order chi connectivity index (χ1) is 8.29. The smallest absolute Gasteiger partial charge is 0.0842 e. The molecular formula is C13H22N4. The Morgan fingerprint density at radius 1 is 1.47 bits per heavy atom. The fourth-order valence-corrected chi connectivity index (χ4v) is 3.79. The number of hydrogen-bond acceptors (Lipinski definition) is 3. The van der Waals surface area contributed by atoms with E-state index < -0.39 is 0 Å². The zero-order valence-electron chi connectivity index (χ0n) is 10.8. The Kier molecular flexibility index (Phi) is 2.90. The van der Waals surface area contributed by atoms with E-state index >= 15 is 0 Å². The van der Waals surface area contributed by atoms with Crippen LogP contribution in [0.15, 0.2) is 6.20 Å². The third-order valence-corrected chi connectivity index (χ3v) is 4.48. The molecule has 1 aromatic heterocycles. The summed E-state index contributed by atoms with van der Waals surface area (Å²) in [5, 5.41) is 11.9. The Morgan fingerprint density at radius 3 is 2.82 bits per heavy atom. The molecule has 0 spiro atoms. The lowest BCUT2D eigenvalue weighted by Crippen LogP contribution is -2.34. The molecule has 0 aromatic carbocycles. The van der Waals surface area contributed by atoms with Crippen LogP contribution in [0.3, 0.4) is 0 Å². The van der Waals surface area contributed by atoms with Gasteiger partial charge < -0.3 is 5.32 Å². The third-order valence-electron chi connectivity index (χ3n) is 4.48. The van der Waals surface area contributed by atoms with Gasteiger partial charge in [0, 0.05) is 25.7 Å². The van der Waals surface area contributed by atoms with Gasteiger partial charge in [-0.1, -0.05) is 18.6 Å². The van der Waals surface area contributed by atoms with Crippen molar-refractivity contribution >= 4 is 0 Å². The van der Waals surface area contributed by atoms with Gasteiger partial charge in [0.05, 0.1) is 5.69 Å². The first-order valence-electron chi connectivity index (χ1n) is 6.88. The molecule has 1 heterocycles. The summed E-state index contributed by atoms with van der Waals surface area (Å²) in [6.07, 6.45) is 7.45. The number of hydrogen-bond donors (Lipinski definition) is 1. The van der Waals surface area contributed by atoms with E-state index in [1.54, 1.807) is 4.68 Å². The molecule has 2 fully saturated rings. The lowest BCUT2D eigenvalue weighted by Gasteiger charge is -2.18. The molecule has 94 valence electrons. The molecule has 3 rings (SSSR count). The van der Waals surface area contributed by atoms with Crippen molar-refractivity contribution in [3.8, 4) is 0 Å². The van der Waals surface area contributed by atoms with Gasteiger partial charge in [0.2, 0.25) is 0 Å². The van der Waals surface area contributed by atoms with Gasteiger partial charge in [-0.2, -0.15) is 0 Å². The molecule has 2 aliphatic rings. The average Bonchev–Trinajstić information content (AvgIpc) is 2.67. The molecule has 0 bridgehead atoms. The maximum absolute atomic E-state index is 4.21. The molecule has 3 unspecified atom stereocenters. The number of nitrogens with zero attached hydrogens (tertiary/aromatic N) is 3. The Balaban J connectivity index is 1.64. The summed E-state index contributed by atoms with van der Waals surface area (Å²) in [5.74, 6) is 2.93. The van der Waals surface area contributed by atoms with Crippen molar-refractivity contribution in [2.24, 2.45) is 24.8 Å². The molecule has 0 saturated heterocycles. The molecule has 4 heteroatoms. The first kappa shape index (κ1) is 11.2. The first-order valence-corrected chi connectivity index (χ1v) is 6.88. The maximum Gasteiger partial charge on any atom is 0.0842 e. The highest BCUT2D eigenvalue weighted by Gasteiger charge is 2.55. The van der Waals surface area contributed by atoms with E-state index in [1.165, 1.54) is 19.3 Å². The van der Waals surface area contributed by atoms with E-state index in [4.69, 9.17) is 0 Å². The van der Waals surface area contributed by atoms with Gasteiger partial charge in [0.15, 0.2) is 0 Å². The van der Waals surface area contributed by atoms with Gasteiger partial charge in [0.25, 0.3) is 0 Å². The van der Waals surface area contributed by atoms with E-state index in [1.807, 2.05) is 13.2 Å². The highest BCUT2D eigenvalue weighted by molar-refractivity contribution is 5.09. The van der Waals surface area contributed by atoms with E-state index in [0.29, 0.717) is 6.04 Å². The molecule has 0 aliphatic heterocycles. The van der Waals surface area contributed by atoms with Gasteiger partial charge in [-0.05, 0) is 37.1 Å². The highest BCUT2D eigenvalue weighted by atomic mass is 15.4. The maximum atomic E-state index is 4.21. The topological polar surface area (TPSA) is 42.7 Å². The molecule has 3 atom stereocenters. The fraction of sp³-hybridized carbons (Fsp3) is 0.846. The SMILES string of the molecule is CCNC(Cc1cn(C)nn1)C1C2CCCC21. The number of likely N-dealkylation sites (N-methyl/N-ethyl adjacent to an activating group) is 1. The van der Waals surface area contributed by atoms with Gasteiger partial charge in [-0.3, -0.25) is 4.68 Å². The van der Waals surface area contributed by atoms with E-state index in [9.17, 15) is 0 Å². The Labute approximate surface area is 103 Å². The number of nitrogens with one attached hydrogen (secondary N) is 1. The molecular weight excluding hydrogens is 212 g/mol. The molecule has 17 heavy (non-hydrogen) atoms. The Morgan fingerprint density at radius 2 is 2.24 bits per heavy atom. The number of fused-ring (bicyclic) bond motifs is 1. The molecule has 1 N–H and O–H groups in total. The zero-order valence-corrected chi connectivity index (χ0v) is 10.8. The van der Waals surface area contributed by atoms with Crippen molar-refractivity contribution in [3.05, 3.63) is 11.9 Å². The van der Waals surface area contributed by atoms with Crippen LogP contribution >= 0.6 is 0 Å². The Bertz CT molecular complexity index is 377. The van der Waals surface area contributed by atoms with Crippen molar-refractivity contribution in [1.29, 1.82) is 0 Å². The molecule has 0 radical (unpaired) electrons. The van der Waals surface area contributed by atoms with E-state index in [-0.39, 0.29) is 0 Å². The third kappa shape index (κ3) is 2.10. The van der Waals surface area contributed by atoms with Crippen LogP contribution in [0.4, 0.5) is 0 Å². The molecule has 0 amide bonds. The quantitative estimate of drug-likeness (QED) is 0.837. The van der Waals surface area contributed by atoms with Crippen molar-refractivity contribution in [3.63, 3.8) is 0 Å². The summed E-state index contributed by atoms with van der Waals surface area (Å²) < 4.78 is 1.80. The van der Waals surface area contributed by atoms with Crippen LogP contribution in [0.25, 0.3) is 0 Å². The number of aromatic nitrogens is 3. The van der Waals surface area contributed by atoms with Crippen molar-refractivity contribution in [2.45, 2.75) is 38.6 Å². The van der Waals surface area contributed by atoms with Crippen molar-refractivity contribution in [1.82, 2.24) is 20.3 Å². The highest BCUT2D eigenvalue weighted by Crippen LogP contribution is 2.59. The summed E-state index contributed by atoms with van der Waals surface area (Å²) in [7, 11) is 1.94. The Hall–Kier alpha value is -0.900. The van der Waals surface area contributed by atoms with Gasteiger partial charge >= 0.3 is 0 Å². The molecule has 1 aromatic rings. The summed E-state index contributed by atoms with van der Waals surface area (Å²) in [5.41, 5.74) is 1.13. The minimum Gasteiger partial charge on any atom is -0.314 e. The second-order valence-electron chi connectivity index (χ2n) is 5.59. The summed E-state index contributed by atoms with van der Waals surface area (Å²) in [6, 6.07) is 0.618. The van der Waals surface area contributed by atoms with E-state index in [2.05, 4.69) is 22.6 Å². The van der Waals surface area contributed by atoms with E-state index in [0.717, 1.165) is 36.4 Å². The summed E-state index contributed by atoms with van der Waals surface area (Å²) in [4.78, 5) is 0. The molecule has 4 nitrogen and oxygen atoms in total. The lowest BCUT2D eigenvalue weighted by atomic mass is 10.00. The second kappa shape index (κ2) is 4.41. The minimum atomic E-state index is 0.618. The van der Waals surface area contributed by atoms with Crippen LogP contribution in [-0.4, -0.2) is 27.6 Å². The standard InChI is InChI=1S/C13H22N4/c1-3-14-12(7-9-8-17(2)16-15-9)13-10-5-4-6-11(10)13/h8,10-14H,3-7H2,1-2H3.